The molecule has 0 aromatic heterocycles. The average molecular weight is 403 g/mol. The Labute approximate surface area is 165 Å². The van der Waals surface area contributed by atoms with E-state index in [1.54, 1.807) is 23.1 Å². The molecule has 150 valence electrons. The van der Waals surface area contributed by atoms with Crippen molar-refractivity contribution in [3.8, 4) is 0 Å². The summed E-state index contributed by atoms with van der Waals surface area (Å²) in [6, 6.07) is 19.7. The Morgan fingerprint density at radius 3 is 2.10 bits per heavy atom. The van der Waals surface area contributed by atoms with Crippen LogP contribution in [0.2, 0.25) is 0 Å². The molecule has 4 rings (SSSR count). The van der Waals surface area contributed by atoms with Gasteiger partial charge in [0.05, 0.1) is 18.2 Å². The van der Waals surface area contributed by atoms with Gasteiger partial charge in [0, 0.05) is 12.1 Å². The second-order valence-electron chi connectivity index (χ2n) is 7.20. The Morgan fingerprint density at radius 2 is 1.45 bits per heavy atom. The third kappa shape index (κ3) is 3.90. The van der Waals surface area contributed by atoms with E-state index < -0.39 is 30.2 Å². The van der Waals surface area contributed by atoms with Gasteiger partial charge in [0.25, 0.3) is 5.92 Å². The first-order chi connectivity index (χ1) is 13.8. The van der Waals surface area contributed by atoms with Crippen LogP contribution >= 0.6 is 0 Å². The van der Waals surface area contributed by atoms with E-state index in [9.17, 15) is 22.0 Å². The fourth-order valence-electron chi connectivity index (χ4n) is 3.91. The van der Waals surface area contributed by atoms with Crippen LogP contribution in [0, 0.1) is 0 Å². The zero-order valence-electron chi connectivity index (χ0n) is 15.3. The number of fused-ring (bicyclic) bond motifs is 1. The van der Waals surface area contributed by atoms with Crippen LogP contribution in [-0.4, -0.2) is 11.4 Å². The van der Waals surface area contributed by atoms with E-state index in [1.165, 1.54) is 18.2 Å². The molecule has 3 aromatic carbocycles. The molecule has 0 N–H and O–H groups in total. The molecular weight excluding hydrogens is 385 g/mol. The van der Waals surface area contributed by atoms with Gasteiger partial charge in [0.2, 0.25) is 0 Å². The maximum Gasteiger partial charge on any atom is 0.416 e. The van der Waals surface area contributed by atoms with Crippen LogP contribution in [0.15, 0.2) is 78.9 Å². The summed E-state index contributed by atoms with van der Waals surface area (Å²) in [5.41, 5.74) is 0.996. The second kappa shape index (κ2) is 7.26. The fourth-order valence-corrected chi connectivity index (χ4v) is 3.91. The molecule has 6 heteroatoms. The molecule has 29 heavy (non-hydrogen) atoms. The van der Waals surface area contributed by atoms with Crippen molar-refractivity contribution in [3.05, 3.63) is 107 Å². The maximum absolute atomic E-state index is 14.9. The second-order valence-corrected chi connectivity index (χ2v) is 7.20. The Balaban J connectivity index is 1.79. The molecule has 0 fully saturated rings. The van der Waals surface area contributed by atoms with Crippen LogP contribution in [0.3, 0.4) is 0 Å². The summed E-state index contributed by atoms with van der Waals surface area (Å²) in [5.74, 6) is -3.05. The third-order valence-corrected chi connectivity index (χ3v) is 5.20. The van der Waals surface area contributed by atoms with Crippen LogP contribution in [-0.2, 0) is 18.6 Å². The first kappa shape index (κ1) is 19.6. The van der Waals surface area contributed by atoms with E-state index in [-0.39, 0.29) is 12.1 Å². The number of halogens is 5. The molecule has 0 amide bonds. The molecule has 0 bridgehead atoms. The van der Waals surface area contributed by atoms with Crippen LogP contribution in [0.1, 0.15) is 33.9 Å². The van der Waals surface area contributed by atoms with Crippen molar-refractivity contribution in [2.24, 2.45) is 0 Å². The van der Waals surface area contributed by atoms with Crippen molar-refractivity contribution in [1.82, 2.24) is 4.90 Å². The van der Waals surface area contributed by atoms with E-state index in [0.717, 1.165) is 17.7 Å². The van der Waals surface area contributed by atoms with Gasteiger partial charge in [-0.1, -0.05) is 66.7 Å². The highest BCUT2D eigenvalue weighted by molar-refractivity contribution is 5.43. The van der Waals surface area contributed by atoms with Gasteiger partial charge >= 0.3 is 6.18 Å². The molecule has 1 aliphatic heterocycles. The predicted molar refractivity (Wildman–Crippen MR) is 100 cm³/mol. The highest BCUT2D eigenvalue weighted by atomic mass is 19.4. The van der Waals surface area contributed by atoms with Crippen LogP contribution in [0.4, 0.5) is 22.0 Å². The average Bonchev–Trinajstić information content (AvgIpc) is 2.68. The number of benzene rings is 3. The normalized spacial score (nSPS) is 19.0. The number of hydrogen-bond acceptors (Lipinski definition) is 1. The molecule has 1 atom stereocenters. The lowest BCUT2D eigenvalue weighted by atomic mass is 9.85. The van der Waals surface area contributed by atoms with Gasteiger partial charge < -0.3 is 0 Å². The van der Waals surface area contributed by atoms with Crippen LogP contribution in [0.25, 0.3) is 0 Å². The minimum absolute atomic E-state index is 0.0748. The Morgan fingerprint density at radius 1 is 0.828 bits per heavy atom. The minimum atomic E-state index is -4.44. The molecular formula is C23H18F5N. The van der Waals surface area contributed by atoms with Gasteiger partial charge in [-0.3, -0.25) is 4.90 Å². The van der Waals surface area contributed by atoms with E-state index in [0.29, 0.717) is 11.1 Å². The Kier molecular flexibility index (Phi) is 4.90. The number of rotatable bonds is 3. The van der Waals surface area contributed by atoms with Gasteiger partial charge in [0.1, 0.15) is 0 Å². The third-order valence-electron chi connectivity index (χ3n) is 5.20. The van der Waals surface area contributed by atoms with Crippen molar-refractivity contribution in [2.75, 3.05) is 6.54 Å². The van der Waals surface area contributed by atoms with Gasteiger partial charge in [-0.05, 0) is 28.8 Å². The smallest absolute Gasteiger partial charge is 0.282 e. The van der Waals surface area contributed by atoms with Crippen LogP contribution in [0.5, 0.6) is 0 Å². The van der Waals surface area contributed by atoms with Crippen molar-refractivity contribution in [1.29, 1.82) is 0 Å². The molecule has 1 aliphatic rings. The summed E-state index contributed by atoms with van der Waals surface area (Å²) < 4.78 is 68.6. The highest BCUT2D eigenvalue weighted by Crippen LogP contribution is 2.45. The van der Waals surface area contributed by atoms with E-state index in [2.05, 4.69) is 0 Å². The summed E-state index contributed by atoms with van der Waals surface area (Å²) in [5, 5.41) is 0. The zero-order valence-corrected chi connectivity index (χ0v) is 15.3. The fraction of sp³-hybridized carbons (Fsp3) is 0.217. The molecule has 0 radical (unpaired) electrons. The van der Waals surface area contributed by atoms with E-state index in [4.69, 9.17) is 0 Å². The molecule has 0 saturated carbocycles. The largest absolute Gasteiger partial charge is 0.416 e. The Hall–Kier alpha value is -2.73. The highest BCUT2D eigenvalue weighted by Gasteiger charge is 2.45. The van der Waals surface area contributed by atoms with Gasteiger partial charge in [-0.25, -0.2) is 0 Å². The monoisotopic (exact) mass is 403 g/mol. The first-order valence-corrected chi connectivity index (χ1v) is 9.18. The van der Waals surface area contributed by atoms with E-state index in [1.807, 2.05) is 30.3 Å². The molecule has 0 aliphatic carbocycles. The van der Waals surface area contributed by atoms with Crippen molar-refractivity contribution in [3.63, 3.8) is 0 Å². The quantitative estimate of drug-likeness (QED) is 0.457. The lowest BCUT2D eigenvalue weighted by Crippen LogP contribution is -2.43. The SMILES string of the molecule is FC(F)(F)c1ccc(C2c3ccccc3C(F)(F)CN2Cc2ccccc2)cc1. The summed E-state index contributed by atoms with van der Waals surface area (Å²) in [7, 11) is 0. The molecule has 1 unspecified atom stereocenters. The van der Waals surface area contributed by atoms with Crippen LogP contribution < -0.4 is 0 Å². The number of alkyl halides is 5. The molecule has 0 saturated heterocycles. The molecule has 0 spiro atoms. The first-order valence-electron chi connectivity index (χ1n) is 9.18. The summed E-state index contributed by atoms with van der Waals surface area (Å²) in [6.45, 7) is -0.249. The molecule has 3 aromatic rings. The summed E-state index contributed by atoms with van der Waals surface area (Å²) in [4.78, 5) is 1.63. The summed E-state index contributed by atoms with van der Waals surface area (Å²) >= 11 is 0. The lowest BCUT2D eigenvalue weighted by molar-refractivity contribution is -0.137. The number of hydrogen-bond donors (Lipinski definition) is 0. The Bertz CT molecular complexity index is 980. The zero-order chi connectivity index (χ0) is 20.6. The standard InChI is InChI=1S/C23H18F5N/c24-22(25)15-29(14-16-6-2-1-3-7-16)21(19-8-4-5-9-20(19)22)17-10-12-18(13-11-17)23(26,27)28/h1-13,21H,14-15H2. The summed E-state index contributed by atoms with van der Waals surface area (Å²) in [6.07, 6.45) is -4.44. The van der Waals surface area contributed by atoms with Gasteiger partial charge in [-0.2, -0.15) is 22.0 Å². The van der Waals surface area contributed by atoms with Gasteiger partial charge in [0.15, 0.2) is 0 Å². The van der Waals surface area contributed by atoms with Crippen molar-refractivity contribution in [2.45, 2.75) is 24.7 Å². The topological polar surface area (TPSA) is 3.24 Å². The molecule has 1 nitrogen and oxygen atoms in total. The predicted octanol–water partition coefficient (Wildman–Crippen LogP) is 6.40. The lowest BCUT2D eigenvalue weighted by Gasteiger charge is -2.41. The minimum Gasteiger partial charge on any atom is -0.282 e. The van der Waals surface area contributed by atoms with Gasteiger partial charge in [-0.15, -0.1) is 0 Å². The van der Waals surface area contributed by atoms with Crippen molar-refractivity contribution >= 4 is 0 Å². The van der Waals surface area contributed by atoms with Crippen molar-refractivity contribution < 1.29 is 22.0 Å². The maximum atomic E-state index is 14.9. The number of nitrogens with zero attached hydrogens (tertiary/aromatic N) is 1. The van der Waals surface area contributed by atoms with E-state index >= 15 is 0 Å². The molecule has 1 heterocycles.